The second-order valence-electron chi connectivity index (χ2n) is 7.95. The van der Waals surface area contributed by atoms with E-state index in [1.165, 1.54) is 0 Å². The Morgan fingerprint density at radius 1 is 0.848 bits per heavy atom. The van der Waals surface area contributed by atoms with Crippen LogP contribution in [0.25, 0.3) is 28.0 Å². The number of benzene rings is 2. The molecule has 0 amide bonds. The van der Waals surface area contributed by atoms with Gasteiger partial charge in [0.15, 0.2) is 11.5 Å². The van der Waals surface area contributed by atoms with Crippen LogP contribution in [0.4, 0.5) is 5.95 Å². The van der Waals surface area contributed by atoms with E-state index in [-0.39, 0.29) is 5.95 Å². The molecule has 7 heteroatoms. The number of ether oxygens (including phenoxy) is 1. The minimum Gasteiger partial charge on any atom is -0.496 e. The molecule has 3 aromatic heterocycles. The van der Waals surface area contributed by atoms with E-state index in [1.54, 1.807) is 11.6 Å². The number of fused-ring (bicyclic) bond motifs is 1. The number of nitrogens with two attached hydrogens (primary N) is 1. The van der Waals surface area contributed by atoms with Crippen molar-refractivity contribution in [3.8, 4) is 28.1 Å². The Labute approximate surface area is 191 Å². The molecular weight excluding hydrogens is 412 g/mol. The van der Waals surface area contributed by atoms with Gasteiger partial charge in [-0.05, 0) is 37.6 Å². The zero-order chi connectivity index (χ0) is 22.9. The van der Waals surface area contributed by atoms with Crippen molar-refractivity contribution in [2.45, 2.75) is 20.3 Å². The van der Waals surface area contributed by atoms with E-state index in [1.807, 2.05) is 80.6 Å². The van der Waals surface area contributed by atoms with Crippen molar-refractivity contribution in [2.75, 3.05) is 12.8 Å². The van der Waals surface area contributed by atoms with E-state index >= 15 is 0 Å². The molecule has 5 aromatic rings. The molecular formula is C26H24N6O. The highest BCUT2D eigenvalue weighted by Crippen LogP contribution is 2.35. The quantitative estimate of drug-likeness (QED) is 0.431. The van der Waals surface area contributed by atoms with Crippen molar-refractivity contribution in [2.24, 2.45) is 0 Å². The van der Waals surface area contributed by atoms with Crippen molar-refractivity contribution in [1.29, 1.82) is 0 Å². The maximum Gasteiger partial charge on any atom is 0.223 e. The normalized spacial score (nSPS) is 11.1. The molecule has 164 valence electrons. The molecule has 0 atom stereocenters. The van der Waals surface area contributed by atoms with E-state index < -0.39 is 0 Å². The molecule has 0 bridgehead atoms. The Kier molecular flexibility index (Phi) is 5.22. The monoisotopic (exact) mass is 436 g/mol. The summed E-state index contributed by atoms with van der Waals surface area (Å²) in [5, 5.41) is 4.70. The van der Waals surface area contributed by atoms with Crippen LogP contribution in [0.5, 0.6) is 5.75 Å². The minimum absolute atomic E-state index is 0.286. The lowest BCUT2D eigenvalue weighted by molar-refractivity contribution is 0.410. The number of nitrogen functional groups attached to an aromatic ring is 1. The van der Waals surface area contributed by atoms with Gasteiger partial charge in [0, 0.05) is 28.9 Å². The molecule has 33 heavy (non-hydrogen) atoms. The first kappa shape index (κ1) is 20.6. The molecule has 0 aliphatic rings. The summed E-state index contributed by atoms with van der Waals surface area (Å²) in [5.41, 5.74) is 13.5. The molecule has 3 heterocycles. The Hall–Kier alpha value is -4.26. The summed E-state index contributed by atoms with van der Waals surface area (Å²) in [6.45, 7) is 3.97. The zero-order valence-electron chi connectivity index (χ0n) is 18.8. The van der Waals surface area contributed by atoms with Crippen molar-refractivity contribution in [3.05, 3.63) is 89.5 Å². The van der Waals surface area contributed by atoms with E-state index in [4.69, 9.17) is 25.5 Å². The fourth-order valence-electron chi connectivity index (χ4n) is 4.14. The van der Waals surface area contributed by atoms with Gasteiger partial charge in [0.2, 0.25) is 5.95 Å². The van der Waals surface area contributed by atoms with Gasteiger partial charge >= 0.3 is 0 Å². The van der Waals surface area contributed by atoms with Gasteiger partial charge in [0.1, 0.15) is 5.75 Å². The molecule has 0 saturated carbocycles. The minimum atomic E-state index is 0.286. The lowest BCUT2D eigenvalue weighted by atomic mass is 9.99. The third-order valence-electron chi connectivity index (χ3n) is 5.51. The molecule has 2 N–H and O–H groups in total. The summed E-state index contributed by atoms with van der Waals surface area (Å²) in [6, 6.07) is 22.0. The van der Waals surface area contributed by atoms with Gasteiger partial charge in [-0.15, -0.1) is 5.10 Å². The molecule has 2 aromatic carbocycles. The second kappa shape index (κ2) is 8.35. The predicted octanol–water partition coefficient (Wildman–Crippen LogP) is 4.65. The van der Waals surface area contributed by atoms with Crippen LogP contribution in [0.1, 0.15) is 22.8 Å². The Balaban J connectivity index is 1.76. The van der Waals surface area contributed by atoms with Crippen LogP contribution in [0.3, 0.4) is 0 Å². The maximum absolute atomic E-state index is 6.38. The maximum atomic E-state index is 6.38. The van der Waals surface area contributed by atoms with Crippen LogP contribution in [0.2, 0.25) is 0 Å². The van der Waals surface area contributed by atoms with Gasteiger partial charge < -0.3 is 10.5 Å². The number of rotatable bonds is 5. The van der Waals surface area contributed by atoms with Gasteiger partial charge in [-0.2, -0.15) is 4.52 Å². The molecule has 0 aliphatic heterocycles. The molecule has 0 radical (unpaired) electrons. The second-order valence-corrected chi connectivity index (χ2v) is 7.95. The van der Waals surface area contributed by atoms with Gasteiger partial charge in [0.05, 0.1) is 18.4 Å². The largest absolute Gasteiger partial charge is 0.496 e. The van der Waals surface area contributed by atoms with Gasteiger partial charge in [0.25, 0.3) is 0 Å². The number of aromatic nitrogens is 5. The van der Waals surface area contributed by atoms with Crippen molar-refractivity contribution in [3.63, 3.8) is 0 Å². The van der Waals surface area contributed by atoms with E-state index in [0.717, 1.165) is 45.1 Å². The number of pyridine rings is 1. The Morgan fingerprint density at radius 3 is 2.27 bits per heavy atom. The highest BCUT2D eigenvalue weighted by atomic mass is 16.5. The summed E-state index contributed by atoms with van der Waals surface area (Å²) in [7, 11) is 1.66. The Bertz CT molecular complexity index is 1440. The van der Waals surface area contributed by atoms with Gasteiger partial charge in [-0.1, -0.05) is 48.5 Å². The highest BCUT2D eigenvalue weighted by molar-refractivity contribution is 5.90. The van der Waals surface area contributed by atoms with Crippen LogP contribution in [0, 0.1) is 13.8 Å². The summed E-state index contributed by atoms with van der Waals surface area (Å²) in [6.07, 6.45) is 0.514. The molecule has 5 rings (SSSR count). The first-order valence-electron chi connectivity index (χ1n) is 10.7. The lowest BCUT2D eigenvalue weighted by Gasteiger charge is -2.13. The molecule has 0 spiro atoms. The lowest BCUT2D eigenvalue weighted by Crippen LogP contribution is -2.06. The number of anilines is 1. The fraction of sp³-hybridized carbons (Fsp3) is 0.154. The third kappa shape index (κ3) is 3.89. The Morgan fingerprint density at radius 2 is 1.55 bits per heavy atom. The van der Waals surface area contributed by atoms with Crippen molar-refractivity contribution in [1.82, 2.24) is 24.6 Å². The van der Waals surface area contributed by atoms with Crippen LogP contribution in [-0.2, 0) is 6.42 Å². The highest BCUT2D eigenvalue weighted by Gasteiger charge is 2.21. The van der Waals surface area contributed by atoms with E-state index in [0.29, 0.717) is 17.9 Å². The average molecular weight is 437 g/mol. The van der Waals surface area contributed by atoms with Crippen LogP contribution >= 0.6 is 0 Å². The van der Waals surface area contributed by atoms with Gasteiger partial charge in [-0.25, -0.2) is 9.97 Å². The summed E-state index contributed by atoms with van der Waals surface area (Å²) in [4.78, 5) is 14.2. The number of aryl methyl sites for hydroxylation is 2. The summed E-state index contributed by atoms with van der Waals surface area (Å²) in [5.74, 6) is 1.73. The number of para-hydroxylation sites is 1. The standard InChI is InChI=1S/C26H24N6O/c1-16-13-20(14-17(2)28-16)23-24(18-9-5-4-6-10-18)30-26(27)32-25(23)29-22(31-32)15-19-11-7-8-12-21(19)33-3/h4-14H,15H2,1-3H3,(H2,27,30). The van der Waals surface area contributed by atoms with Crippen LogP contribution in [0.15, 0.2) is 66.7 Å². The van der Waals surface area contributed by atoms with E-state index in [9.17, 15) is 0 Å². The molecule has 7 nitrogen and oxygen atoms in total. The van der Waals surface area contributed by atoms with E-state index in [2.05, 4.69) is 4.98 Å². The molecule has 0 aliphatic carbocycles. The summed E-state index contributed by atoms with van der Waals surface area (Å²) >= 11 is 0. The number of nitrogens with zero attached hydrogens (tertiary/aromatic N) is 5. The average Bonchev–Trinajstić information content (AvgIpc) is 3.23. The fourth-order valence-corrected chi connectivity index (χ4v) is 4.14. The number of methoxy groups -OCH3 is 1. The SMILES string of the molecule is COc1ccccc1Cc1nc2c(-c3cc(C)nc(C)c3)c(-c3ccccc3)nc(N)n2n1. The number of hydrogen-bond acceptors (Lipinski definition) is 6. The summed E-state index contributed by atoms with van der Waals surface area (Å²) < 4.78 is 7.13. The first-order valence-corrected chi connectivity index (χ1v) is 10.7. The third-order valence-corrected chi connectivity index (χ3v) is 5.51. The predicted molar refractivity (Wildman–Crippen MR) is 129 cm³/mol. The van der Waals surface area contributed by atoms with Gasteiger partial charge in [-0.3, -0.25) is 4.98 Å². The van der Waals surface area contributed by atoms with Crippen molar-refractivity contribution >= 4 is 11.6 Å². The van der Waals surface area contributed by atoms with Crippen LogP contribution < -0.4 is 10.5 Å². The molecule has 0 unspecified atom stereocenters. The molecule has 0 saturated heterocycles. The van der Waals surface area contributed by atoms with Crippen LogP contribution in [-0.4, -0.2) is 31.7 Å². The molecule has 0 fully saturated rings. The van der Waals surface area contributed by atoms with Crippen molar-refractivity contribution < 1.29 is 4.74 Å². The topological polar surface area (TPSA) is 91.2 Å². The smallest absolute Gasteiger partial charge is 0.223 e. The first-order chi connectivity index (χ1) is 16.0. The number of hydrogen-bond donors (Lipinski definition) is 1. The zero-order valence-corrected chi connectivity index (χ0v) is 18.8.